The maximum Gasteiger partial charge on any atom is 0.377 e. The van der Waals surface area contributed by atoms with E-state index in [1.165, 1.54) is 0 Å². The van der Waals surface area contributed by atoms with Crippen molar-refractivity contribution >= 4 is 36.3 Å². The van der Waals surface area contributed by atoms with Gasteiger partial charge >= 0.3 is 13.6 Å². The van der Waals surface area contributed by atoms with E-state index in [4.69, 9.17) is 25.4 Å². The van der Waals surface area contributed by atoms with Crippen LogP contribution in [0.1, 0.15) is 38.7 Å². The van der Waals surface area contributed by atoms with E-state index in [2.05, 4.69) is 10.5 Å². The maximum atomic E-state index is 13.8. The molecule has 2 aromatic carbocycles. The van der Waals surface area contributed by atoms with Crippen molar-refractivity contribution in [2.45, 2.75) is 33.1 Å². The van der Waals surface area contributed by atoms with Gasteiger partial charge in [-0.1, -0.05) is 41.9 Å². The summed E-state index contributed by atoms with van der Waals surface area (Å²) in [6.07, 6.45) is -0.0663. The Morgan fingerprint density at radius 3 is 2.16 bits per heavy atom. The van der Waals surface area contributed by atoms with Gasteiger partial charge in [-0.15, -0.1) is 0 Å². The molecule has 1 atom stereocenters. The Labute approximate surface area is 188 Å². The van der Waals surface area contributed by atoms with Crippen molar-refractivity contribution in [2.24, 2.45) is 5.10 Å². The van der Waals surface area contributed by atoms with E-state index >= 15 is 0 Å². The van der Waals surface area contributed by atoms with Crippen molar-refractivity contribution in [3.8, 4) is 0 Å². The van der Waals surface area contributed by atoms with Crippen LogP contribution in [0.15, 0.2) is 59.7 Å². The Kier molecular flexibility index (Phi) is 10.2. The molecule has 1 unspecified atom stereocenters. The molecule has 0 aliphatic heterocycles. The fourth-order valence-electron chi connectivity index (χ4n) is 2.92. The second-order valence-corrected chi connectivity index (χ2v) is 8.80. The lowest BCUT2D eigenvalue weighted by Gasteiger charge is -2.25. The summed E-state index contributed by atoms with van der Waals surface area (Å²) in [6.45, 7) is 5.72. The Morgan fingerprint density at radius 2 is 1.61 bits per heavy atom. The van der Waals surface area contributed by atoms with Gasteiger partial charge in [-0.2, -0.15) is 5.10 Å². The minimum Gasteiger partial charge on any atom is -0.466 e. The van der Waals surface area contributed by atoms with Gasteiger partial charge in [0.2, 0.25) is 0 Å². The van der Waals surface area contributed by atoms with Crippen molar-refractivity contribution in [1.82, 2.24) is 0 Å². The van der Waals surface area contributed by atoms with Crippen LogP contribution in [0.3, 0.4) is 0 Å². The van der Waals surface area contributed by atoms with Gasteiger partial charge in [0.25, 0.3) is 0 Å². The van der Waals surface area contributed by atoms with Crippen LogP contribution < -0.4 is 5.43 Å². The minimum absolute atomic E-state index is 0.0663. The van der Waals surface area contributed by atoms with E-state index in [1.54, 1.807) is 45.0 Å². The quantitative estimate of drug-likeness (QED) is 0.177. The normalized spacial score (nSPS) is 13.0. The number of ether oxygens (including phenoxy) is 1. The van der Waals surface area contributed by atoms with Crippen molar-refractivity contribution in [1.29, 1.82) is 0 Å². The molecule has 0 radical (unpaired) electrons. The lowest BCUT2D eigenvalue weighted by Crippen LogP contribution is -2.22. The van der Waals surface area contributed by atoms with Gasteiger partial charge in [-0.25, -0.2) is 0 Å². The third-order valence-electron chi connectivity index (χ3n) is 4.21. The highest BCUT2D eigenvalue weighted by Crippen LogP contribution is 2.54. The average Bonchev–Trinajstić information content (AvgIpc) is 2.75. The number of nitrogens with one attached hydrogen (secondary N) is 1. The third kappa shape index (κ3) is 7.47. The van der Waals surface area contributed by atoms with Crippen molar-refractivity contribution < 1.29 is 23.1 Å². The van der Waals surface area contributed by atoms with Gasteiger partial charge in [-0.3, -0.25) is 14.8 Å². The zero-order chi connectivity index (χ0) is 22.7. The van der Waals surface area contributed by atoms with E-state index in [0.717, 1.165) is 5.56 Å². The molecule has 0 bridgehead atoms. The number of carbonyl (C=O) groups excluding carboxylic acids is 1. The predicted molar refractivity (Wildman–Crippen MR) is 124 cm³/mol. The molecular weight excluding hydrogens is 439 g/mol. The fraction of sp³-hybridized carbons (Fsp3) is 0.364. The number of hydrogen-bond donors (Lipinski definition) is 1. The first-order valence-corrected chi connectivity index (χ1v) is 12.0. The van der Waals surface area contributed by atoms with Gasteiger partial charge < -0.3 is 13.8 Å². The number of hydrogen-bond acceptors (Lipinski definition) is 7. The average molecular weight is 467 g/mol. The molecule has 0 aromatic heterocycles. The number of hydrazone groups is 1. The molecule has 0 aliphatic carbocycles. The molecule has 0 spiro atoms. The fourth-order valence-corrected chi connectivity index (χ4v) is 4.86. The second kappa shape index (κ2) is 12.6. The molecule has 31 heavy (non-hydrogen) atoms. The van der Waals surface area contributed by atoms with Crippen LogP contribution in [-0.2, 0) is 23.1 Å². The molecule has 0 fully saturated rings. The van der Waals surface area contributed by atoms with Crippen molar-refractivity contribution in [3.05, 3.63) is 65.2 Å². The summed E-state index contributed by atoms with van der Waals surface area (Å²) in [7, 11) is -3.82. The molecule has 0 amide bonds. The van der Waals surface area contributed by atoms with Crippen molar-refractivity contribution in [2.75, 3.05) is 25.2 Å². The predicted octanol–water partition coefficient (Wildman–Crippen LogP) is 6.07. The number of esters is 1. The van der Waals surface area contributed by atoms with Gasteiger partial charge in [0.1, 0.15) is 0 Å². The summed E-state index contributed by atoms with van der Waals surface area (Å²) in [5.41, 5.74) is 4.37. The van der Waals surface area contributed by atoms with E-state index in [0.29, 0.717) is 10.7 Å². The Balaban J connectivity index is 2.55. The summed E-state index contributed by atoms with van der Waals surface area (Å²) in [4.78, 5) is 12.4. The monoisotopic (exact) mass is 466 g/mol. The molecule has 0 saturated heterocycles. The van der Waals surface area contributed by atoms with Crippen LogP contribution in [0, 0.1) is 0 Å². The first kappa shape index (κ1) is 25.1. The van der Waals surface area contributed by atoms with Crippen LogP contribution in [0.25, 0.3) is 0 Å². The Morgan fingerprint density at radius 1 is 1.00 bits per heavy atom. The summed E-state index contributed by atoms with van der Waals surface area (Å²) >= 11 is 5.95. The summed E-state index contributed by atoms with van der Waals surface area (Å²) in [5, 5.41) is 5.00. The molecular formula is C22H28ClN2O5P. The van der Waals surface area contributed by atoms with Gasteiger partial charge in [0.15, 0.2) is 5.45 Å². The number of rotatable bonds is 12. The van der Waals surface area contributed by atoms with E-state index in [1.807, 2.05) is 30.3 Å². The minimum atomic E-state index is -3.82. The number of carbonyl (C=O) groups is 1. The number of anilines is 1. The van der Waals surface area contributed by atoms with Gasteiger partial charge in [0, 0.05) is 10.9 Å². The lowest BCUT2D eigenvalue weighted by atomic mass is 9.97. The van der Waals surface area contributed by atoms with E-state index in [9.17, 15) is 9.36 Å². The zero-order valence-electron chi connectivity index (χ0n) is 17.9. The second-order valence-electron chi connectivity index (χ2n) is 6.39. The number of halogens is 1. The molecule has 9 heteroatoms. The van der Waals surface area contributed by atoms with Gasteiger partial charge in [-0.05, 0) is 50.6 Å². The van der Waals surface area contributed by atoms with Crippen molar-refractivity contribution in [3.63, 3.8) is 0 Å². The largest absolute Gasteiger partial charge is 0.466 e. The Bertz CT molecular complexity index is 896. The Hall–Kier alpha value is -2.18. The molecule has 0 heterocycles. The summed E-state index contributed by atoms with van der Waals surface area (Å²) in [5.74, 6) is -1.11. The third-order valence-corrected chi connectivity index (χ3v) is 6.63. The summed E-state index contributed by atoms with van der Waals surface area (Å²) in [6, 6.07) is 16.1. The molecule has 0 saturated carbocycles. The van der Waals surface area contributed by atoms with E-state index in [-0.39, 0.29) is 31.7 Å². The molecule has 7 nitrogen and oxygen atoms in total. The SMILES string of the molecule is CCOC(=O)CC(/C(=N/Nc1ccc(Cl)cc1)P(=O)(OCC)OCC)c1ccccc1. The zero-order valence-corrected chi connectivity index (χ0v) is 19.6. The highest BCUT2D eigenvalue weighted by atomic mass is 35.5. The van der Waals surface area contributed by atoms with Gasteiger partial charge in [0.05, 0.1) is 31.9 Å². The standard InChI is InChI=1S/C22H28ClN2O5P/c1-4-28-21(26)16-20(17-10-8-7-9-11-17)22(31(27,29-5-2)30-6-3)25-24-19-14-12-18(23)13-15-19/h7-15,20,24H,4-6,16H2,1-3H3/b25-22-. The van der Waals surface area contributed by atoms with Crippen LogP contribution in [0.2, 0.25) is 5.02 Å². The number of benzene rings is 2. The molecule has 1 N–H and O–H groups in total. The molecule has 2 aromatic rings. The van der Waals surface area contributed by atoms with E-state index < -0.39 is 19.5 Å². The lowest BCUT2D eigenvalue weighted by molar-refractivity contribution is -0.143. The smallest absolute Gasteiger partial charge is 0.377 e. The van der Waals surface area contributed by atoms with Crippen LogP contribution in [0.5, 0.6) is 0 Å². The topological polar surface area (TPSA) is 86.2 Å². The maximum absolute atomic E-state index is 13.8. The highest BCUT2D eigenvalue weighted by molar-refractivity contribution is 7.72. The van der Waals surface area contributed by atoms with Crippen LogP contribution in [-0.4, -0.2) is 31.2 Å². The van der Waals surface area contributed by atoms with Crippen LogP contribution >= 0.6 is 19.2 Å². The first-order valence-electron chi connectivity index (χ1n) is 10.1. The molecule has 2 rings (SSSR count). The molecule has 168 valence electrons. The summed E-state index contributed by atoms with van der Waals surface area (Å²) < 4.78 is 30.1. The first-order chi connectivity index (χ1) is 14.9. The highest BCUT2D eigenvalue weighted by Gasteiger charge is 2.39. The van der Waals surface area contributed by atoms with Crippen LogP contribution in [0.4, 0.5) is 5.69 Å². The molecule has 0 aliphatic rings. The number of nitrogens with zero attached hydrogens (tertiary/aromatic N) is 1.